The van der Waals surface area contributed by atoms with Crippen LogP contribution in [-0.4, -0.2) is 17.3 Å². The molecule has 0 saturated heterocycles. The van der Waals surface area contributed by atoms with Crippen molar-refractivity contribution in [2.75, 3.05) is 6.54 Å². The Kier molecular flexibility index (Phi) is 3.64. The Bertz CT molecular complexity index is 486. The molecule has 3 atom stereocenters. The first kappa shape index (κ1) is 14.1. The monoisotopic (exact) mass is 273 g/mol. The number of rotatable bonds is 2. The molecule has 0 amide bonds. The fourth-order valence-electron chi connectivity index (χ4n) is 4.55. The highest BCUT2D eigenvalue weighted by atomic mass is 16.3. The van der Waals surface area contributed by atoms with Gasteiger partial charge in [-0.1, -0.05) is 44.0 Å². The van der Waals surface area contributed by atoms with Crippen molar-refractivity contribution < 1.29 is 5.11 Å². The molecule has 1 saturated carbocycles. The Morgan fingerprint density at radius 2 is 2.00 bits per heavy atom. The van der Waals surface area contributed by atoms with Crippen molar-refractivity contribution in [2.45, 2.75) is 62.9 Å². The first-order chi connectivity index (χ1) is 9.61. The van der Waals surface area contributed by atoms with E-state index in [9.17, 15) is 5.11 Å². The minimum Gasteiger partial charge on any atom is -0.389 e. The summed E-state index contributed by atoms with van der Waals surface area (Å²) in [5.41, 5.74) is 8.11. The SMILES string of the molecule is CC1CCCC(O)(C2(CN)CCc3ccccc32)CC1. The van der Waals surface area contributed by atoms with Gasteiger partial charge in [-0.25, -0.2) is 0 Å². The van der Waals surface area contributed by atoms with Crippen LogP contribution in [0.3, 0.4) is 0 Å². The second-order valence-electron chi connectivity index (χ2n) is 7.01. The molecular formula is C18H27NO. The molecule has 2 aliphatic rings. The molecule has 3 rings (SSSR count). The Labute approximate surface area is 122 Å². The third-order valence-corrected chi connectivity index (χ3v) is 5.93. The van der Waals surface area contributed by atoms with Crippen LogP contribution in [0.4, 0.5) is 0 Å². The van der Waals surface area contributed by atoms with Crippen LogP contribution in [0.25, 0.3) is 0 Å². The topological polar surface area (TPSA) is 46.2 Å². The molecule has 2 aliphatic carbocycles. The van der Waals surface area contributed by atoms with Crippen LogP contribution in [-0.2, 0) is 11.8 Å². The van der Waals surface area contributed by atoms with Gasteiger partial charge in [0.25, 0.3) is 0 Å². The van der Waals surface area contributed by atoms with E-state index in [1.165, 1.54) is 17.5 Å². The molecule has 1 aromatic carbocycles. The zero-order chi connectivity index (χ0) is 14.2. The highest BCUT2D eigenvalue weighted by molar-refractivity contribution is 5.42. The summed E-state index contributed by atoms with van der Waals surface area (Å²) < 4.78 is 0. The smallest absolute Gasteiger partial charge is 0.0756 e. The molecule has 1 fully saturated rings. The lowest BCUT2D eigenvalue weighted by molar-refractivity contribution is -0.0504. The summed E-state index contributed by atoms with van der Waals surface area (Å²) in [5.74, 6) is 0.732. The van der Waals surface area contributed by atoms with Crippen molar-refractivity contribution in [3.8, 4) is 0 Å². The average Bonchev–Trinajstić information content (AvgIpc) is 2.76. The van der Waals surface area contributed by atoms with Crippen LogP contribution in [0.2, 0.25) is 0 Å². The van der Waals surface area contributed by atoms with E-state index in [2.05, 4.69) is 31.2 Å². The third kappa shape index (κ3) is 2.01. The van der Waals surface area contributed by atoms with E-state index in [1.54, 1.807) is 0 Å². The number of hydrogen-bond donors (Lipinski definition) is 2. The molecule has 20 heavy (non-hydrogen) atoms. The molecule has 1 aromatic rings. The molecule has 0 aromatic heterocycles. The van der Waals surface area contributed by atoms with E-state index in [-0.39, 0.29) is 5.41 Å². The maximum Gasteiger partial charge on any atom is 0.0756 e. The van der Waals surface area contributed by atoms with Gasteiger partial charge in [-0.2, -0.15) is 0 Å². The Balaban J connectivity index is 2.01. The van der Waals surface area contributed by atoms with Gasteiger partial charge in [-0.3, -0.25) is 0 Å². The van der Waals surface area contributed by atoms with Gasteiger partial charge in [0.2, 0.25) is 0 Å². The fourth-order valence-corrected chi connectivity index (χ4v) is 4.55. The molecule has 2 nitrogen and oxygen atoms in total. The Morgan fingerprint density at radius 3 is 2.80 bits per heavy atom. The molecule has 3 N–H and O–H groups in total. The number of fused-ring (bicyclic) bond motifs is 1. The minimum absolute atomic E-state index is 0.215. The summed E-state index contributed by atoms with van der Waals surface area (Å²) in [6.07, 6.45) is 7.37. The summed E-state index contributed by atoms with van der Waals surface area (Å²) in [5, 5.41) is 11.5. The number of nitrogens with two attached hydrogens (primary N) is 1. The molecule has 0 radical (unpaired) electrons. The third-order valence-electron chi connectivity index (χ3n) is 5.93. The molecule has 0 heterocycles. The second kappa shape index (κ2) is 5.16. The molecule has 110 valence electrons. The number of benzene rings is 1. The van der Waals surface area contributed by atoms with E-state index >= 15 is 0 Å². The summed E-state index contributed by atoms with van der Waals surface area (Å²) in [4.78, 5) is 0. The van der Waals surface area contributed by atoms with Crippen molar-refractivity contribution in [2.24, 2.45) is 11.7 Å². The maximum absolute atomic E-state index is 11.5. The van der Waals surface area contributed by atoms with Gasteiger partial charge in [-0.05, 0) is 49.1 Å². The van der Waals surface area contributed by atoms with Crippen LogP contribution in [0.15, 0.2) is 24.3 Å². The molecule has 2 heteroatoms. The number of aliphatic hydroxyl groups is 1. The number of hydrogen-bond acceptors (Lipinski definition) is 2. The van der Waals surface area contributed by atoms with E-state index in [4.69, 9.17) is 5.73 Å². The van der Waals surface area contributed by atoms with Crippen molar-refractivity contribution in [1.29, 1.82) is 0 Å². The van der Waals surface area contributed by atoms with Crippen LogP contribution < -0.4 is 5.73 Å². The second-order valence-corrected chi connectivity index (χ2v) is 7.01. The van der Waals surface area contributed by atoms with E-state index < -0.39 is 5.60 Å². The molecule has 0 aliphatic heterocycles. The largest absolute Gasteiger partial charge is 0.389 e. The summed E-state index contributed by atoms with van der Waals surface area (Å²) >= 11 is 0. The van der Waals surface area contributed by atoms with Crippen LogP contribution in [0.1, 0.15) is 56.6 Å². The zero-order valence-corrected chi connectivity index (χ0v) is 12.6. The molecule has 0 spiro atoms. The van der Waals surface area contributed by atoms with Gasteiger partial charge >= 0.3 is 0 Å². The summed E-state index contributed by atoms with van der Waals surface area (Å²) in [6.45, 7) is 2.87. The zero-order valence-electron chi connectivity index (χ0n) is 12.6. The summed E-state index contributed by atoms with van der Waals surface area (Å²) in [7, 11) is 0. The van der Waals surface area contributed by atoms with Gasteiger partial charge in [-0.15, -0.1) is 0 Å². The van der Waals surface area contributed by atoms with Gasteiger partial charge in [0.05, 0.1) is 5.60 Å². The average molecular weight is 273 g/mol. The van der Waals surface area contributed by atoms with Crippen molar-refractivity contribution in [1.82, 2.24) is 0 Å². The molecule has 0 bridgehead atoms. The fraction of sp³-hybridized carbons (Fsp3) is 0.667. The summed E-state index contributed by atoms with van der Waals surface area (Å²) in [6, 6.07) is 8.60. The van der Waals surface area contributed by atoms with Crippen LogP contribution in [0.5, 0.6) is 0 Å². The Morgan fingerprint density at radius 1 is 1.20 bits per heavy atom. The predicted molar refractivity (Wildman–Crippen MR) is 82.7 cm³/mol. The lowest BCUT2D eigenvalue weighted by Gasteiger charge is -2.45. The highest BCUT2D eigenvalue weighted by Crippen LogP contribution is 2.51. The van der Waals surface area contributed by atoms with Gasteiger partial charge < -0.3 is 10.8 Å². The number of aryl methyl sites for hydroxylation is 1. The molecular weight excluding hydrogens is 246 g/mol. The lowest BCUT2D eigenvalue weighted by Crippen LogP contribution is -2.54. The van der Waals surface area contributed by atoms with Crippen LogP contribution in [0, 0.1) is 5.92 Å². The van der Waals surface area contributed by atoms with E-state index in [1.807, 2.05) is 0 Å². The highest BCUT2D eigenvalue weighted by Gasteiger charge is 2.53. The van der Waals surface area contributed by atoms with Gasteiger partial charge in [0.15, 0.2) is 0 Å². The van der Waals surface area contributed by atoms with Gasteiger partial charge in [0.1, 0.15) is 0 Å². The maximum atomic E-state index is 11.5. The minimum atomic E-state index is -0.612. The predicted octanol–water partition coefficient (Wildman–Crippen LogP) is 3.16. The van der Waals surface area contributed by atoms with Crippen LogP contribution >= 0.6 is 0 Å². The van der Waals surface area contributed by atoms with Crippen molar-refractivity contribution in [3.63, 3.8) is 0 Å². The van der Waals surface area contributed by atoms with E-state index in [0.717, 1.165) is 44.4 Å². The first-order valence-electron chi connectivity index (χ1n) is 8.12. The normalized spacial score (nSPS) is 37.5. The quantitative estimate of drug-likeness (QED) is 0.813. The first-order valence-corrected chi connectivity index (χ1v) is 8.12. The molecule has 3 unspecified atom stereocenters. The standard InChI is InChI=1S/C18H27NO/c1-14-5-4-10-18(20,12-8-14)17(13-19)11-9-15-6-2-3-7-16(15)17/h2-3,6-7,14,20H,4-5,8-13,19H2,1H3. The van der Waals surface area contributed by atoms with E-state index in [0.29, 0.717) is 6.54 Å². The van der Waals surface area contributed by atoms with Crippen molar-refractivity contribution >= 4 is 0 Å². The van der Waals surface area contributed by atoms with Crippen molar-refractivity contribution in [3.05, 3.63) is 35.4 Å². The Hall–Kier alpha value is -0.860. The van der Waals surface area contributed by atoms with Gasteiger partial charge in [0, 0.05) is 12.0 Å². The lowest BCUT2D eigenvalue weighted by atomic mass is 9.64.